The van der Waals surface area contributed by atoms with Crippen LogP contribution in [0.4, 0.5) is 0 Å². The minimum atomic E-state index is -5.13. The van der Waals surface area contributed by atoms with Crippen LogP contribution in [0.5, 0.6) is 0 Å². The fraction of sp³-hybridized carbons (Fsp3) is 0.932. The zero-order valence-electron chi connectivity index (χ0n) is 36.2. The number of unbranched alkanes of at least 4 members (excludes halogenated alkanes) is 25. The molecule has 9 N–H and O–H groups in total. The summed E-state index contributed by atoms with van der Waals surface area (Å²) in [5.41, 5.74) is 0. The van der Waals surface area contributed by atoms with E-state index in [1.807, 2.05) is 0 Å². The highest BCUT2D eigenvalue weighted by Gasteiger charge is 2.51. The third kappa shape index (κ3) is 26.4. The van der Waals surface area contributed by atoms with Crippen LogP contribution >= 0.6 is 7.82 Å². The maximum atomic E-state index is 13.0. The van der Waals surface area contributed by atoms with E-state index in [0.29, 0.717) is 12.8 Å². The summed E-state index contributed by atoms with van der Waals surface area (Å²) in [4.78, 5) is 23.4. The Morgan fingerprint density at radius 2 is 0.983 bits per heavy atom. The molecule has 0 heterocycles. The second kappa shape index (κ2) is 34.6. The molecule has 1 fully saturated rings. The van der Waals surface area contributed by atoms with Crippen molar-refractivity contribution in [2.75, 3.05) is 6.61 Å². The minimum absolute atomic E-state index is 0.240. The molecule has 8 atom stereocenters. The van der Waals surface area contributed by atoms with Gasteiger partial charge in [0.2, 0.25) is 5.91 Å². The van der Waals surface area contributed by atoms with Crippen LogP contribution in [-0.2, 0) is 18.4 Å². The number of phosphoric ester groups is 1. The number of hydrogen-bond acceptors (Lipinski definition) is 11. The van der Waals surface area contributed by atoms with Crippen molar-refractivity contribution in [2.45, 2.75) is 255 Å². The van der Waals surface area contributed by atoms with Crippen LogP contribution < -0.4 is 5.32 Å². The standard InChI is InChI=1S/C44H86NO12P/c1-3-5-7-9-11-13-15-16-17-18-19-20-22-24-26-28-30-32-37(47)36(34-56-58(54,55)57-44-42(52)40(50)39(49)41(51)43(44)53)45-38(48)33-35(46)31-29-27-25-23-21-14-12-10-8-6-4-2/h30,32,35-37,39-44,46-47,49-53H,3-29,31,33-34H2,1-2H3,(H,45,48)(H,54,55)/b32-30+. The smallest absolute Gasteiger partial charge is 0.393 e. The van der Waals surface area contributed by atoms with Crippen molar-refractivity contribution in [2.24, 2.45) is 0 Å². The van der Waals surface area contributed by atoms with Crippen molar-refractivity contribution >= 4 is 13.7 Å². The Bertz CT molecular complexity index is 1050. The average Bonchev–Trinajstić information content (AvgIpc) is 3.19. The lowest BCUT2D eigenvalue weighted by molar-refractivity contribution is -0.220. The topological polar surface area (TPSA) is 226 Å². The van der Waals surface area contributed by atoms with Crippen molar-refractivity contribution in [1.82, 2.24) is 5.32 Å². The van der Waals surface area contributed by atoms with Gasteiger partial charge in [-0.3, -0.25) is 13.8 Å². The summed E-state index contributed by atoms with van der Waals surface area (Å²) in [7, 11) is -5.13. The molecule has 0 aromatic rings. The van der Waals surface area contributed by atoms with Crippen molar-refractivity contribution < 1.29 is 59.0 Å². The Labute approximate surface area is 351 Å². The van der Waals surface area contributed by atoms with Crippen molar-refractivity contribution in [3.8, 4) is 0 Å². The molecule has 0 aromatic heterocycles. The highest BCUT2D eigenvalue weighted by atomic mass is 31.2. The fourth-order valence-corrected chi connectivity index (χ4v) is 8.50. The van der Waals surface area contributed by atoms with Gasteiger partial charge in [0.1, 0.15) is 36.6 Å². The predicted octanol–water partition coefficient (Wildman–Crippen LogP) is 7.42. The lowest BCUT2D eigenvalue weighted by Crippen LogP contribution is -2.64. The number of carbonyl (C=O) groups excluding carboxylic acids is 1. The number of allylic oxidation sites excluding steroid dienone is 1. The molecule has 13 nitrogen and oxygen atoms in total. The SMILES string of the molecule is CCCCCCCCCCCCCCCCC/C=C/C(O)C(COP(=O)(O)OC1C(O)C(O)C(O)C(O)C1O)NC(=O)CC(O)CCCCCCCCCCCCC. The zero-order valence-corrected chi connectivity index (χ0v) is 37.1. The monoisotopic (exact) mass is 852 g/mol. The van der Waals surface area contributed by atoms with E-state index in [0.717, 1.165) is 44.9 Å². The molecule has 0 radical (unpaired) electrons. The largest absolute Gasteiger partial charge is 0.472 e. The number of phosphoric acid groups is 1. The van der Waals surface area contributed by atoms with E-state index in [9.17, 15) is 50.0 Å². The molecule has 1 amide bonds. The first-order valence-electron chi connectivity index (χ1n) is 23.2. The Kier molecular flexibility index (Phi) is 32.9. The molecule has 1 rings (SSSR count). The molecule has 1 aliphatic carbocycles. The third-order valence-electron chi connectivity index (χ3n) is 11.4. The van der Waals surface area contributed by atoms with Crippen molar-refractivity contribution in [3.05, 3.63) is 12.2 Å². The molecule has 58 heavy (non-hydrogen) atoms. The molecule has 344 valence electrons. The number of nitrogens with one attached hydrogen (secondary N) is 1. The van der Waals surface area contributed by atoms with Crippen LogP contribution in [0.15, 0.2) is 12.2 Å². The number of hydrogen-bond donors (Lipinski definition) is 9. The van der Waals surface area contributed by atoms with E-state index in [1.54, 1.807) is 6.08 Å². The quantitative estimate of drug-likeness (QED) is 0.0168. The van der Waals surface area contributed by atoms with Crippen LogP contribution in [0, 0.1) is 0 Å². The van der Waals surface area contributed by atoms with Crippen molar-refractivity contribution in [1.29, 1.82) is 0 Å². The minimum Gasteiger partial charge on any atom is -0.393 e. The molecular formula is C44H86NO12P. The molecule has 0 bridgehead atoms. The number of carbonyl (C=O) groups is 1. The van der Waals surface area contributed by atoms with Gasteiger partial charge in [-0.1, -0.05) is 187 Å². The van der Waals surface area contributed by atoms with E-state index in [1.165, 1.54) is 128 Å². The van der Waals surface area contributed by atoms with Gasteiger partial charge in [-0.25, -0.2) is 4.57 Å². The summed E-state index contributed by atoms with van der Waals surface area (Å²) in [6.07, 6.45) is 21.6. The average molecular weight is 852 g/mol. The molecule has 1 aliphatic rings. The van der Waals surface area contributed by atoms with Gasteiger partial charge in [0.25, 0.3) is 0 Å². The number of amides is 1. The maximum absolute atomic E-state index is 13.0. The van der Waals surface area contributed by atoms with E-state index < -0.39 is 75.2 Å². The fourth-order valence-electron chi connectivity index (χ4n) is 7.54. The second-order valence-corrected chi connectivity index (χ2v) is 18.2. The number of aliphatic hydroxyl groups excluding tert-OH is 7. The summed E-state index contributed by atoms with van der Waals surface area (Å²) in [6, 6.07) is -1.23. The highest BCUT2D eigenvalue weighted by molar-refractivity contribution is 7.47. The first kappa shape index (κ1) is 55.1. The Hall–Kier alpha value is -0.960. The van der Waals surface area contributed by atoms with Gasteiger partial charge in [-0.2, -0.15) is 0 Å². The zero-order chi connectivity index (χ0) is 43.0. The van der Waals surface area contributed by atoms with E-state index in [4.69, 9.17) is 9.05 Å². The summed E-state index contributed by atoms with van der Waals surface area (Å²) in [5, 5.41) is 74.4. The van der Waals surface area contributed by atoms with Crippen LogP contribution in [0.2, 0.25) is 0 Å². The molecule has 0 spiro atoms. The molecule has 14 heteroatoms. The molecule has 0 saturated heterocycles. The van der Waals surface area contributed by atoms with Gasteiger partial charge in [-0.15, -0.1) is 0 Å². The van der Waals surface area contributed by atoms with Gasteiger partial charge >= 0.3 is 7.82 Å². The lowest BCUT2D eigenvalue weighted by atomic mass is 9.85. The third-order valence-corrected chi connectivity index (χ3v) is 12.4. The normalized spacial score (nSPS) is 23.8. The Balaban J connectivity index is 2.56. The summed E-state index contributed by atoms with van der Waals surface area (Å²) in [5.74, 6) is -0.592. The first-order chi connectivity index (χ1) is 27.8. The number of aliphatic hydroxyl groups is 7. The Morgan fingerprint density at radius 1 is 0.603 bits per heavy atom. The van der Waals surface area contributed by atoms with Gasteiger partial charge in [-0.05, 0) is 19.3 Å². The predicted molar refractivity (Wildman–Crippen MR) is 229 cm³/mol. The lowest BCUT2D eigenvalue weighted by Gasteiger charge is -2.41. The van der Waals surface area contributed by atoms with Gasteiger partial charge in [0, 0.05) is 0 Å². The second-order valence-electron chi connectivity index (χ2n) is 16.8. The molecular weight excluding hydrogens is 765 g/mol. The highest BCUT2D eigenvalue weighted by Crippen LogP contribution is 2.47. The summed E-state index contributed by atoms with van der Waals surface area (Å²) < 4.78 is 22.8. The molecule has 1 saturated carbocycles. The van der Waals surface area contributed by atoms with Gasteiger partial charge < -0.3 is 46.0 Å². The van der Waals surface area contributed by atoms with E-state index in [2.05, 4.69) is 19.2 Å². The van der Waals surface area contributed by atoms with Crippen LogP contribution in [0.1, 0.15) is 200 Å². The van der Waals surface area contributed by atoms with Crippen LogP contribution in [-0.4, -0.2) is 108 Å². The number of rotatable bonds is 38. The molecule has 8 unspecified atom stereocenters. The summed E-state index contributed by atoms with van der Waals surface area (Å²) >= 11 is 0. The first-order valence-corrected chi connectivity index (χ1v) is 24.7. The maximum Gasteiger partial charge on any atom is 0.472 e. The van der Waals surface area contributed by atoms with Gasteiger partial charge in [0.15, 0.2) is 0 Å². The van der Waals surface area contributed by atoms with E-state index >= 15 is 0 Å². The Morgan fingerprint density at radius 3 is 1.41 bits per heavy atom. The molecule has 0 aromatic carbocycles. The van der Waals surface area contributed by atoms with Crippen molar-refractivity contribution in [3.63, 3.8) is 0 Å². The van der Waals surface area contributed by atoms with Gasteiger partial charge in [0.05, 0.1) is 31.3 Å². The van der Waals surface area contributed by atoms with E-state index in [-0.39, 0.29) is 6.42 Å². The molecule has 0 aliphatic heterocycles. The van der Waals surface area contributed by atoms with Crippen LogP contribution in [0.25, 0.3) is 0 Å². The summed E-state index contributed by atoms with van der Waals surface area (Å²) in [6.45, 7) is 3.73. The van der Waals surface area contributed by atoms with Crippen LogP contribution in [0.3, 0.4) is 0 Å².